The summed E-state index contributed by atoms with van der Waals surface area (Å²) in [6, 6.07) is 10.7. The third kappa shape index (κ3) is 7.00. The summed E-state index contributed by atoms with van der Waals surface area (Å²) >= 11 is 6.07. The lowest BCUT2D eigenvalue weighted by Crippen LogP contribution is -2.33. The number of rotatable bonds is 4. The van der Waals surface area contributed by atoms with Crippen molar-refractivity contribution in [1.82, 2.24) is 15.1 Å². The molecule has 0 bridgehead atoms. The summed E-state index contributed by atoms with van der Waals surface area (Å²) in [5.41, 5.74) is 3.45. The molecule has 1 atom stereocenters. The van der Waals surface area contributed by atoms with Crippen LogP contribution in [0.15, 0.2) is 48.8 Å². The van der Waals surface area contributed by atoms with Crippen LogP contribution in [0.25, 0.3) is 11.1 Å². The fraction of sp³-hybridized carbons (Fsp3) is 0.250. The standard InChI is InChI=1S/C22H21ClN4O3.C2HF3O2/c1-27(2)22(29)18-9-13(16-10-24-25-11-16)3-5-19(18)26-21(28)15-7-14-8-17(23)4-6-20(14)30-12-15;3-2(4,5)1(6)7/h3-6,8-11,15H,7,12H2,1-2H3,(H,24,25)(H,26,28);(H,6,7). The zero-order valence-electron chi connectivity index (χ0n) is 19.6. The number of aromatic amines is 1. The van der Waals surface area contributed by atoms with E-state index in [2.05, 4.69) is 15.5 Å². The first kappa shape index (κ1) is 27.5. The number of benzene rings is 2. The van der Waals surface area contributed by atoms with E-state index in [4.69, 9.17) is 26.2 Å². The Balaban J connectivity index is 0.000000479. The molecule has 2 aromatic carbocycles. The second-order valence-electron chi connectivity index (χ2n) is 8.20. The molecule has 0 fully saturated rings. The van der Waals surface area contributed by atoms with Crippen LogP contribution in [0.4, 0.5) is 18.9 Å². The number of carboxylic acids is 1. The number of carboxylic acid groups (broad SMARTS) is 1. The van der Waals surface area contributed by atoms with Gasteiger partial charge in [0.15, 0.2) is 0 Å². The molecule has 1 unspecified atom stereocenters. The summed E-state index contributed by atoms with van der Waals surface area (Å²) in [5, 5.41) is 17.4. The fourth-order valence-electron chi connectivity index (χ4n) is 3.43. The molecule has 3 aromatic rings. The van der Waals surface area contributed by atoms with E-state index in [1.165, 1.54) is 4.90 Å². The first-order valence-electron chi connectivity index (χ1n) is 10.7. The van der Waals surface area contributed by atoms with Crippen LogP contribution in [0.3, 0.4) is 0 Å². The van der Waals surface area contributed by atoms with Gasteiger partial charge in [-0.15, -0.1) is 0 Å². The van der Waals surface area contributed by atoms with Gasteiger partial charge in [-0.2, -0.15) is 18.3 Å². The summed E-state index contributed by atoms with van der Waals surface area (Å²) in [5.74, 6) is -2.80. The first-order chi connectivity index (χ1) is 17.4. The minimum absolute atomic E-state index is 0.201. The number of halogens is 4. The van der Waals surface area contributed by atoms with Gasteiger partial charge in [0.05, 0.1) is 23.4 Å². The summed E-state index contributed by atoms with van der Waals surface area (Å²) in [6.45, 7) is 0.268. The van der Waals surface area contributed by atoms with E-state index in [9.17, 15) is 22.8 Å². The second-order valence-corrected chi connectivity index (χ2v) is 8.64. The van der Waals surface area contributed by atoms with Crippen molar-refractivity contribution in [2.75, 3.05) is 26.0 Å². The van der Waals surface area contributed by atoms with E-state index in [0.717, 1.165) is 22.4 Å². The average molecular weight is 539 g/mol. The van der Waals surface area contributed by atoms with Crippen molar-refractivity contribution in [3.05, 3.63) is 64.9 Å². The van der Waals surface area contributed by atoms with Gasteiger partial charge in [-0.1, -0.05) is 17.7 Å². The highest BCUT2D eigenvalue weighted by atomic mass is 35.5. The predicted octanol–water partition coefficient (Wildman–Crippen LogP) is 4.26. The van der Waals surface area contributed by atoms with Crippen molar-refractivity contribution in [3.8, 4) is 16.9 Å². The Morgan fingerprint density at radius 2 is 1.86 bits per heavy atom. The number of alkyl halides is 3. The monoisotopic (exact) mass is 538 g/mol. The van der Waals surface area contributed by atoms with Crippen molar-refractivity contribution < 1.29 is 37.4 Å². The fourth-order valence-corrected chi connectivity index (χ4v) is 3.62. The molecule has 3 N–H and O–H groups in total. The third-order valence-electron chi connectivity index (χ3n) is 5.29. The van der Waals surface area contributed by atoms with Gasteiger partial charge in [-0.05, 0) is 47.9 Å². The molecular formula is C24H22ClF3N4O5. The second kappa shape index (κ2) is 11.3. The number of carbonyl (C=O) groups excluding carboxylic acids is 2. The van der Waals surface area contributed by atoms with Crippen LogP contribution in [0, 0.1) is 5.92 Å². The molecule has 0 aliphatic carbocycles. The Morgan fingerprint density at radius 3 is 2.46 bits per heavy atom. The molecule has 2 amide bonds. The highest BCUT2D eigenvalue weighted by Crippen LogP contribution is 2.31. The minimum atomic E-state index is -5.08. The number of H-pyrrole nitrogens is 1. The number of amides is 2. The van der Waals surface area contributed by atoms with Gasteiger partial charge in [0.25, 0.3) is 5.91 Å². The maximum Gasteiger partial charge on any atom is 0.490 e. The maximum absolute atomic E-state index is 13.0. The average Bonchev–Trinajstić information content (AvgIpc) is 3.38. The van der Waals surface area contributed by atoms with Crippen LogP contribution < -0.4 is 10.1 Å². The van der Waals surface area contributed by atoms with E-state index < -0.39 is 12.1 Å². The van der Waals surface area contributed by atoms with E-state index in [1.54, 1.807) is 44.7 Å². The number of nitrogens with zero attached hydrogens (tertiary/aromatic N) is 2. The lowest BCUT2D eigenvalue weighted by molar-refractivity contribution is -0.192. The van der Waals surface area contributed by atoms with Gasteiger partial charge in [0.2, 0.25) is 5.91 Å². The third-order valence-corrected chi connectivity index (χ3v) is 5.52. The molecule has 0 spiro atoms. The van der Waals surface area contributed by atoms with Gasteiger partial charge in [-0.25, -0.2) is 4.79 Å². The number of hydrogen-bond donors (Lipinski definition) is 3. The number of anilines is 1. The van der Waals surface area contributed by atoms with Gasteiger partial charge in [0, 0.05) is 30.9 Å². The molecule has 2 heterocycles. The Labute approximate surface area is 214 Å². The van der Waals surface area contributed by atoms with E-state index in [-0.39, 0.29) is 24.3 Å². The Morgan fingerprint density at radius 1 is 1.16 bits per heavy atom. The van der Waals surface area contributed by atoms with Crippen molar-refractivity contribution in [1.29, 1.82) is 0 Å². The molecular weight excluding hydrogens is 517 g/mol. The summed E-state index contributed by atoms with van der Waals surface area (Å²) in [7, 11) is 3.35. The largest absolute Gasteiger partial charge is 0.492 e. The molecule has 13 heteroatoms. The quantitative estimate of drug-likeness (QED) is 0.456. The molecule has 9 nitrogen and oxygen atoms in total. The highest BCUT2D eigenvalue weighted by molar-refractivity contribution is 6.30. The van der Waals surface area contributed by atoms with Gasteiger partial charge < -0.3 is 20.1 Å². The highest BCUT2D eigenvalue weighted by Gasteiger charge is 2.38. The van der Waals surface area contributed by atoms with Crippen LogP contribution in [-0.4, -0.2) is 64.9 Å². The zero-order chi connectivity index (χ0) is 27.3. The van der Waals surface area contributed by atoms with Crippen LogP contribution in [-0.2, 0) is 16.0 Å². The number of carbonyl (C=O) groups is 3. The molecule has 1 aliphatic heterocycles. The zero-order valence-corrected chi connectivity index (χ0v) is 20.4. The smallest absolute Gasteiger partial charge is 0.490 e. The lowest BCUT2D eigenvalue weighted by atomic mass is 9.95. The molecule has 0 saturated carbocycles. The summed E-state index contributed by atoms with van der Waals surface area (Å²) in [4.78, 5) is 36.1. The number of fused-ring (bicyclic) bond motifs is 1. The molecule has 196 valence electrons. The molecule has 1 aliphatic rings. The summed E-state index contributed by atoms with van der Waals surface area (Å²) in [6.07, 6.45) is -1.13. The normalized spacial score (nSPS) is 14.4. The molecule has 0 saturated heterocycles. The molecule has 0 radical (unpaired) electrons. The topological polar surface area (TPSA) is 125 Å². The number of nitrogens with one attached hydrogen (secondary N) is 2. The van der Waals surface area contributed by atoms with Crippen LogP contribution >= 0.6 is 11.6 Å². The minimum Gasteiger partial charge on any atom is -0.492 e. The number of aliphatic carboxylic acids is 1. The van der Waals surface area contributed by atoms with E-state index in [1.807, 2.05) is 18.2 Å². The SMILES string of the molecule is CN(C)C(=O)c1cc(-c2cn[nH]c2)ccc1NC(=O)C1COc2ccc(Cl)cc2C1.O=C(O)C(F)(F)F. The Hall–Kier alpha value is -4.06. The van der Waals surface area contributed by atoms with Crippen molar-refractivity contribution in [2.45, 2.75) is 12.6 Å². The molecule has 1 aromatic heterocycles. The molecule has 37 heavy (non-hydrogen) atoms. The summed E-state index contributed by atoms with van der Waals surface area (Å²) < 4.78 is 37.5. The number of aromatic nitrogens is 2. The van der Waals surface area contributed by atoms with Crippen LogP contribution in [0.5, 0.6) is 5.75 Å². The van der Waals surface area contributed by atoms with Crippen LogP contribution in [0.2, 0.25) is 5.02 Å². The Kier molecular flexibility index (Phi) is 8.43. The van der Waals surface area contributed by atoms with E-state index >= 15 is 0 Å². The van der Waals surface area contributed by atoms with Crippen molar-refractivity contribution in [2.24, 2.45) is 5.92 Å². The Bertz CT molecular complexity index is 1300. The van der Waals surface area contributed by atoms with Gasteiger partial charge in [0.1, 0.15) is 12.4 Å². The van der Waals surface area contributed by atoms with E-state index in [0.29, 0.717) is 22.7 Å². The first-order valence-corrected chi connectivity index (χ1v) is 11.1. The number of hydrogen-bond acceptors (Lipinski definition) is 5. The van der Waals surface area contributed by atoms with Crippen molar-refractivity contribution >= 4 is 35.1 Å². The molecule has 4 rings (SSSR count). The predicted molar refractivity (Wildman–Crippen MR) is 129 cm³/mol. The lowest BCUT2D eigenvalue weighted by Gasteiger charge is -2.25. The van der Waals surface area contributed by atoms with Gasteiger partial charge >= 0.3 is 12.1 Å². The van der Waals surface area contributed by atoms with Gasteiger partial charge in [-0.3, -0.25) is 14.7 Å². The van der Waals surface area contributed by atoms with Crippen LogP contribution in [0.1, 0.15) is 15.9 Å². The number of ether oxygens (including phenoxy) is 1. The maximum atomic E-state index is 13.0. The van der Waals surface area contributed by atoms with Crippen molar-refractivity contribution in [3.63, 3.8) is 0 Å².